The molecular formula is C25H26ClN3O2. The summed E-state index contributed by atoms with van der Waals surface area (Å²) in [6.45, 7) is 2.58. The van der Waals surface area contributed by atoms with Crippen LogP contribution in [0.5, 0.6) is 5.75 Å². The van der Waals surface area contributed by atoms with Crippen molar-refractivity contribution in [2.45, 2.75) is 51.1 Å². The van der Waals surface area contributed by atoms with Crippen molar-refractivity contribution in [3.8, 4) is 17.0 Å². The SMILES string of the molecule is CCOc1cccc(C2c3c(-c4ccc(Cl)cc4)n[nH]c3C(=O)N2C2CCCCC2)c1. The zero-order valence-electron chi connectivity index (χ0n) is 17.6. The van der Waals surface area contributed by atoms with E-state index in [1.807, 2.05) is 43.3 Å². The number of hydrogen-bond donors (Lipinski definition) is 1. The molecule has 2 aliphatic rings. The van der Waals surface area contributed by atoms with Crippen LogP contribution in [-0.4, -0.2) is 33.7 Å². The molecule has 0 saturated heterocycles. The quantitative estimate of drug-likeness (QED) is 0.534. The Hall–Kier alpha value is -2.79. The molecule has 3 aromatic rings. The molecule has 1 unspecified atom stereocenters. The highest BCUT2D eigenvalue weighted by atomic mass is 35.5. The number of aromatic nitrogens is 2. The van der Waals surface area contributed by atoms with E-state index < -0.39 is 0 Å². The minimum Gasteiger partial charge on any atom is -0.494 e. The fraction of sp³-hybridized carbons (Fsp3) is 0.360. The molecule has 6 heteroatoms. The van der Waals surface area contributed by atoms with Crippen LogP contribution in [0.4, 0.5) is 0 Å². The number of hydrogen-bond acceptors (Lipinski definition) is 3. The molecule has 31 heavy (non-hydrogen) atoms. The van der Waals surface area contributed by atoms with Crippen molar-refractivity contribution in [1.29, 1.82) is 0 Å². The predicted octanol–water partition coefficient (Wildman–Crippen LogP) is 6.01. The van der Waals surface area contributed by atoms with Gasteiger partial charge in [0.2, 0.25) is 0 Å². The number of halogens is 1. The molecule has 160 valence electrons. The van der Waals surface area contributed by atoms with Gasteiger partial charge in [-0.15, -0.1) is 0 Å². The highest BCUT2D eigenvalue weighted by molar-refractivity contribution is 6.30. The lowest BCUT2D eigenvalue weighted by atomic mass is 9.91. The van der Waals surface area contributed by atoms with Crippen molar-refractivity contribution in [1.82, 2.24) is 15.1 Å². The van der Waals surface area contributed by atoms with Crippen molar-refractivity contribution in [3.63, 3.8) is 0 Å². The highest BCUT2D eigenvalue weighted by Gasteiger charge is 2.45. The van der Waals surface area contributed by atoms with Gasteiger partial charge in [-0.2, -0.15) is 5.10 Å². The molecule has 1 amide bonds. The van der Waals surface area contributed by atoms with Gasteiger partial charge in [0.05, 0.1) is 18.3 Å². The smallest absolute Gasteiger partial charge is 0.273 e. The van der Waals surface area contributed by atoms with Crippen molar-refractivity contribution >= 4 is 17.5 Å². The number of aromatic amines is 1. The monoisotopic (exact) mass is 435 g/mol. The standard InChI is InChI=1S/C25H26ClN3O2/c1-2-31-20-10-6-7-17(15-20)24-21-22(16-11-13-18(26)14-12-16)27-28-23(21)25(30)29(24)19-8-4-3-5-9-19/h6-7,10-15,19,24H,2-5,8-9H2,1H3,(H,27,28). The predicted molar refractivity (Wildman–Crippen MR) is 122 cm³/mol. The van der Waals surface area contributed by atoms with Gasteiger partial charge in [0, 0.05) is 22.2 Å². The first-order chi connectivity index (χ1) is 15.2. The number of nitrogens with one attached hydrogen (secondary N) is 1. The van der Waals surface area contributed by atoms with Gasteiger partial charge in [-0.3, -0.25) is 9.89 Å². The Bertz CT molecular complexity index is 1090. The Balaban J connectivity index is 1.65. The normalized spacial score (nSPS) is 19.0. The Kier molecular flexibility index (Phi) is 5.45. The number of amides is 1. The van der Waals surface area contributed by atoms with E-state index >= 15 is 0 Å². The van der Waals surface area contributed by atoms with Gasteiger partial charge in [-0.25, -0.2) is 0 Å². The molecular weight excluding hydrogens is 410 g/mol. The lowest BCUT2D eigenvalue weighted by molar-refractivity contribution is 0.0606. The molecule has 2 aromatic carbocycles. The number of ether oxygens (including phenoxy) is 1. The minimum absolute atomic E-state index is 0.0430. The second-order valence-corrected chi connectivity index (χ2v) is 8.72. The van der Waals surface area contributed by atoms with Crippen LogP contribution in [0.1, 0.15) is 66.7 Å². The molecule has 5 rings (SSSR count). The first-order valence-electron chi connectivity index (χ1n) is 11.1. The molecule has 1 fully saturated rings. The van der Waals surface area contributed by atoms with E-state index in [0.29, 0.717) is 17.3 Å². The summed E-state index contributed by atoms with van der Waals surface area (Å²) in [5, 5.41) is 8.29. The van der Waals surface area contributed by atoms with Crippen LogP contribution in [0.3, 0.4) is 0 Å². The fourth-order valence-electron chi connectivity index (χ4n) is 5.00. The van der Waals surface area contributed by atoms with Crippen molar-refractivity contribution in [2.75, 3.05) is 6.61 Å². The van der Waals surface area contributed by atoms with Crippen LogP contribution in [0, 0.1) is 0 Å². The van der Waals surface area contributed by atoms with Crippen LogP contribution in [0.25, 0.3) is 11.3 Å². The molecule has 1 aliphatic heterocycles. The van der Waals surface area contributed by atoms with Crippen molar-refractivity contribution < 1.29 is 9.53 Å². The average molecular weight is 436 g/mol. The van der Waals surface area contributed by atoms with Gasteiger partial charge in [0.25, 0.3) is 5.91 Å². The van der Waals surface area contributed by atoms with E-state index in [1.165, 1.54) is 6.42 Å². The summed E-state index contributed by atoms with van der Waals surface area (Å²) in [7, 11) is 0. The van der Waals surface area contributed by atoms with Crippen LogP contribution >= 0.6 is 11.6 Å². The Morgan fingerprint density at radius 1 is 1.13 bits per heavy atom. The second kappa shape index (κ2) is 8.39. The first-order valence-corrected chi connectivity index (χ1v) is 11.4. The second-order valence-electron chi connectivity index (χ2n) is 8.28. The minimum atomic E-state index is -0.185. The zero-order valence-corrected chi connectivity index (χ0v) is 18.4. The van der Waals surface area contributed by atoms with E-state index in [4.69, 9.17) is 16.3 Å². The summed E-state index contributed by atoms with van der Waals surface area (Å²) in [5.41, 5.74) is 4.37. The number of carbonyl (C=O) groups excluding carboxylic acids is 1. The van der Waals surface area contributed by atoms with E-state index in [2.05, 4.69) is 27.2 Å². The summed E-state index contributed by atoms with van der Waals surface area (Å²) in [6.07, 6.45) is 5.65. The molecule has 1 aromatic heterocycles. The largest absolute Gasteiger partial charge is 0.494 e. The van der Waals surface area contributed by atoms with Crippen LogP contribution in [0.15, 0.2) is 48.5 Å². The number of carbonyl (C=O) groups is 1. The first kappa shape index (κ1) is 20.1. The third-order valence-corrected chi connectivity index (χ3v) is 6.63. The Labute approximate surface area is 187 Å². The molecule has 1 saturated carbocycles. The van der Waals surface area contributed by atoms with E-state index in [-0.39, 0.29) is 18.0 Å². The van der Waals surface area contributed by atoms with Crippen molar-refractivity contribution in [3.05, 3.63) is 70.4 Å². The summed E-state index contributed by atoms with van der Waals surface area (Å²) < 4.78 is 5.77. The molecule has 0 bridgehead atoms. The van der Waals surface area contributed by atoms with E-state index in [0.717, 1.165) is 53.8 Å². The number of fused-ring (bicyclic) bond motifs is 1. The summed E-state index contributed by atoms with van der Waals surface area (Å²) in [6, 6.07) is 15.8. The van der Waals surface area contributed by atoms with Crippen LogP contribution < -0.4 is 4.74 Å². The van der Waals surface area contributed by atoms with Gasteiger partial charge in [-0.05, 0) is 49.6 Å². The summed E-state index contributed by atoms with van der Waals surface area (Å²) in [4.78, 5) is 15.7. The molecule has 1 N–H and O–H groups in total. The Morgan fingerprint density at radius 3 is 2.65 bits per heavy atom. The lowest BCUT2D eigenvalue weighted by Gasteiger charge is -2.36. The number of nitrogens with zero attached hydrogens (tertiary/aromatic N) is 2. The molecule has 2 heterocycles. The summed E-state index contributed by atoms with van der Waals surface area (Å²) >= 11 is 6.11. The molecule has 0 spiro atoms. The van der Waals surface area contributed by atoms with Gasteiger partial charge in [-0.1, -0.05) is 55.1 Å². The molecule has 1 aliphatic carbocycles. The van der Waals surface area contributed by atoms with Crippen LogP contribution in [0.2, 0.25) is 5.02 Å². The maximum absolute atomic E-state index is 13.6. The molecule has 0 radical (unpaired) electrons. The van der Waals surface area contributed by atoms with Gasteiger partial charge in [0.15, 0.2) is 0 Å². The fourth-order valence-corrected chi connectivity index (χ4v) is 5.12. The molecule has 1 atom stereocenters. The number of rotatable bonds is 5. The third kappa shape index (κ3) is 3.61. The number of H-pyrrole nitrogens is 1. The van der Waals surface area contributed by atoms with Crippen molar-refractivity contribution in [2.24, 2.45) is 0 Å². The number of benzene rings is 2. The zero-order chi connectivity index (χ0) is 21.4. The van der Waals surface area contributed by atoms with Gasteiger partial charge >= 0.3 is 0 Å². The van der Waals surface area contributed by atoms with Gasteiger partial charge in [0.1, 0.15) is 11.4 Å². The summed E-state index contributed by atoms with van der Waals surface area (Å²) in [5.74, 6) is 0.863. The topological polar surface area (TPSA) is 58.2 Å². The van der Waals surface area contributed by atoms with E-state index in [9.17, 15) is 4.79 Å². The maximum atomic E-state index is 13.6. The van der Waals surface area contributed by atoms with Gasteiger partial charge < -0.3 is 9.64 Å². The lowest BCUT2D eigenvalue weighted by Crippen LogP contribution is -2.40. The maximum Gasteiger partial charge on any atom is 0.273 e. The highest BCUT2D eigenvalue weighted by Crippen LogP contribution is 2.46. The van der Waals surface area contributed by atoms with Crippen LogP contribution in [-0.2, 0) is 0 Å². The van der Waals surface area contributed by atoms with E-state index in [1.54, 1.807) is 0 Å². The molecule has 5 nitrogen and oxygen atoms in total. The Morgan fingerprint density at radius 2 is 1.90 bits per heavy atom. The third-order valence-electron chi connectivity index (χ3n) is 6.37. The average Bonchev–Trinajstić information content (AvgIpc) is 3.34.